The standard InChI is InChI=1S/C18H19NO3/c1-21-17-9-13-8-7-12-5-3-4-6-14(12)16(11-19-20)15(13)10-18(17)22-2/h3-6,9-11,16,20H,7-8H2,1-2H3/b19-11-. The largest absolute Gasteiger partial charge is 0.493 e. The second kappa shape index (κ2) is 6.10. The predicted molar refractivity (Wildman–Crippen MR) is 85.5 cm³/mol. The number of nitrogens with zero attached hydrogens (tertiary/aromatic N) is 1. The number of benzene rings is 2. The molecule has 1 unspecified atom stereocenters. The average Bonchev–Trinajstić information content (AvgIpc) is 2.71. The third kappa shape index (κ3) is 2.41. The van der Waals surface area contributed by atoms with Crippen LogP contribution in [0.3, 0.4) is 0 Å². The summed E-state index contributed by atoms with van der Waals surface area (Å²) < 4.78 is 10.8. The van der Waals surface area contributed by atoms with Gasteiger partial charge in [-0.15, -0.1) is 5.16 Å². The summed E-state index contributed by atoms with van der Waals surface area (Å²) in [5.41, 5.74) is 4.74. The highest BCUT2D eigenvalue weighted by Crippen LogP contribution is 2.39. The maximum Gasteiger partial charge on any atom is 0.161 e. The Bertz CT molecular complexity index is 709. The highest BCUT2D eigenvalue weighted by atomic mass is 16.5. The quantitative estimate of drug-likeness (QED) is 0.537. The molecule has 1 aliphatic rings. The fourth-order valence-corrected chi connectivity index (χ4v) is 3.17. The minimum absolute atomic E-state index is 0.0847. The number of oxime groups is 1. The van der Waals surface area contributed by atoms with Gasteiger partial charge in [-0.3, -0.25) is 0 Å². The zero-order valence-electron chi connectivity index (χ0n) is 12.7. The predicted octanol–water partition coefficient (Wildman–Crippen LogP) is 3.39. The molecule has 1 aliphatic carbocycles. The van der Waals surface area contributed by atoms with Gasteiger partial charge in [-0.2, -0.15) is 0 Å². The van der Waals surface area contributed by atoms with Crippen molar-refractivity contribution in [2.45, 2.75) is 18.8 Å². The molecule has 0 amide bonds. The summed E-state index contributed by atoms with van der Waals surface area (Å²) >= 11 is 0. The van der Waals surface area contributed by atoms with Crippen molar-refractivity contribution in [1.82, 2.24) is 0 Å². The Hall–Kier alpha value is -2.49. The Morgan fingerprint density at radius 2 is 1.68 bits per heavy atom. The average molecular weight is 297 g/mol. The molecule has 0 radical (unpaired) electrons. The van der Waals surface area contributed by atoms with E-state index in [1.165, 1.54) is 16.7 Å². The highest BCUT2D eigenvalue weighted by molar-refractivity contribution is 5.75. The highest BCUT2D eigenvalue weighted by Gasteiger charge is 2.24. The first-order chi connectivity index (χ1) is 10.8. The van der Waals surface area contributed by atoms with Gasteiger partial charge in [0.15, 0.2) is 11.5 Å². The van der Waals surface area contributed by atoms with Crippen LogP contribution in [0, 0.1) is 0 Å². The monoisotopic (exact) mass is 297 g/mol. The van der Waals surface area contributed by atoms with E-state index < -0.39 is 0 Å². The molecule has 0 fully saturated rings. The minimum Gasteiger partial charge on any atom is -0.493 e. The molecule has 4 heteroatoms. The van der Waals surface area contributed by atoms with Crippen molar-refractivity contribution in [3.63, 3.8) is 0 Å². The van der Waals surface area contributed by atoms with Crippen LogP contribution in [-0.4, -0.2) is 25.6 Å². The molecule has 22 heavy (non-hydrogen) atoms. The molecule has 2 aromatic rings. The van der Waals surface area contributed by atoms with Crippen LogP contribution in [0.2, 0.25) is 0 Å². The first-order valence-corrected chi connectivity index (χ1v) is 7.28. The lowest BCUT2D eigenvalue weighted by molar-refractivity contribution is 0.320. The van der Waals surface area contributed by atoms with Gasteiger partial charge >= 0.3 is 0 Å². The third-order valence-electron chi connectivity index (χ3n) is 4.25. The lowest BCUT2D eigenvalue weighted by Gasteiger charge is -2.18. The van der Waals surface area contributed by atoms with Crippen LogP contribution in [0.5, 0.6) is 11.5 Å². The lowest BCUT2D eigenvalue weighted by atomic mass is 9.89. The van der Waals surface area contributed by atoms with E-state index in [1.807, 2.05) is 24.3 Å². The van der Waals surface area contributed by atoms with Gasteiger partial charge in [0.2, 0.25) is 0 Å². The van der Waals surface area contributed by atoms with Crippen LogP contribution >= 0.6 is 0 Å². The second-order valence-corrected chi connectivity index (χ2v) is 5.35. The van der Waals surface area contributed by atoms with E-state index in [-0.39, 0.29) is 5.92 Å². The summed E-state index contributed by atoms with van der Waals surface area (Å²) in [6.07, 6.45) is 3.45. The fourth-order valence-electron chi connectivity index (χ4n) is 3.17. The Morgan fingerprint density at radius 3 is 2.41 bits per heavy atom. The summed E-state index contributed by atoms with van der Waals surface area (Å²) in [7, 11) is 3.27. The molecule has 4 nitrogen and oxygen atoms in total. The fraction of sp³-hybridized carbons (Fsp3) is 0.278. The molecule has 0 aromatic heterocycles. The van der Waals surface area contributed by atoms with E-state index in [9.17, 15) is 0 Å². The van der Waals surface area contributed by atoms with Gasteiger partial charge in [-0.05, 0) is 47.2 Å². The summed E-state index contributed by atoms with van der Waals surface area (Å²) in [6, 6.07) is 12.3. The van der Waals surface area contributed by atoms with Crippen LogP contribution in [0.15, 0.2) is 41.6 Å². The summed E-state index contributed by atoms with van der Waals surface area (Å²) in [5.74, 6) is 1.34. The van der Waals surface area contributed by atoms with Crippen molar-refractivity contribution in [3.8, 4) is 11.5 Å². The van der Waals surface area contributed by atoms with Crippen LogP contribution < -0.4 is 9.47 Å². The summed E-state index contributed by atoms with van der Waals surface area (Å²) in [4.78, 5) is 0. The van der Waals surface area contributed by atoms with E-state index in [0.717, 1.165) is 24.2 Å². The molecule has 0 heterocycles. The van der Waals surface area contributed by atoms with Crippen molar-refractivity contribution in [1.29, 1.82) is 0 Å². The minimum atomic E-state index is -0.0847. The number of ether oxygens (including phenoxy) is 2. The SMILES string of the molecule is COc1cc2c(cc1OC)C(/C=N\O)c1ccccc1CC2. The van der Waals surface area contributed by atoms with E-state index in [4.69, 9.17) is 14.7 Å². The van der Waals surface area contributed by atoms with Gasteiger partial charge in [-0.1, -0.05) is 24.3 Å². The lowest BCUT2D eigenvalue weighted by Crippen LogP contribution is -2.06. The smallest absolute Gasteiger partial charge is 0.161 e. The molecule has 0 aliphatic heterocycles. The zero-order valence-corrected chi connectivity index (χ0v) is 12.7. The number of rotatable bonds is 3. The molecule has 1 atom stereocenters. The van der Waals surface area contributed by atoms with Crippen LogP contribution in [0.4, 0.5) is 0 Å². The molecular weight excluding hydrogens is 278 g/mol. The number of fused-ring (bicyclic) bond motifs is 2. The van der Waals surface area contributed by atoms with Gasteiger partial charge in [0.25, 0.3) is 0 Å². The molecule has 1 N–H and O–H groups in total. The van der Waals surface area contributed by atoms with Crippen molar-refractivity contribution >= 4 is 6.21 Å². The maximum absolute atomic E-state index is 9.10. The van der Waals surface area contributed by atoms with Crippen LogP contribution in [-0.2, 0) is 12.8 Å². The van der Waals surface area contributed by atoms with E-state index in [1.54, 1.807) is 20.4 Å². The van der Waals surface area contributed by atoms with Crippen LogP contribution in [0.1, 0.15) is 28.2 Å². The summed E-state index contributed by atoms with van der Waals surface area (Å²) in [5, 5.41) is 12.4. The van der Waals surface area contributed by atoms with Gasteiger partial charge in [-0.25, -0.2) is 0 Å². The first-order valence-electron chi connectivity index (χ1n) is 7.28. The van der Waals surface area contributed by atoms with Gasteiger partial charge in [0, 0.05) is 5.92 Å². The van der Waals surface area contributed by atoms with Gasteiger partial charge in [0.1, 0.15) is 0 Å². The number of hydrogen-bond acceptors (Lipinski definition) is 4. The summed E-state index contributed by atoms with van der Waals surface area (Å²) in [6.45, 7) is 0. The van der Waals surface area contributed by atoms with E-state index in [0.29, 0.717) is 5.75 Å². The Labute approximate surface area is 130 Å². The third-order valence-corrected chi connectivity index (χ3v) is 4.25. The first kappa shape index (κ1) is 14.4. The Balaban J connectivity index is 2.21. The van der Waals surface area contributed by atoms with Crippen molar-refractivity contribution in [2.24, 2.45) is 5.16 Å². The number of methoxy groups -OCH3 is 2. The topological polar surface area (TPSA) is 51.0 Å². The van der Waals surface area contributed by atoms with E-state index >= 15 is 0 Å². The molecule has 0 spiro atoms. The maximum atomic E-state index is 9.10. The Kier molecular flexibility index (Phi) is 4.00. The number of hydrogen-bond donors (Lipinski definition) is 1. The van der Waals surface area contributed by atoms with E-state index in [2.05, 4.69) is 17.3 Å². The number of aryl methyl sites for hydroxylation is 2. The van der Waals surface area contributed by atoms with Crippen LogP contribution in [0.25, 0.3) is 0 Å². The van der Waals surface area contributed by atoms with Gasteiger partial charge < -0.3 is 14.7 Å². The molecule has 0 saturated heterocycles. The van der Waals surface area contributed by atoms with Crippen molar-refractivity contribution < 1.29 is 14.7 Å². The normalized spacial score (nSPS) is 16.7. The molecular formula is C18H19NO3. The second-order valence-electron chi connectivity index (χ2n) is 5.35. The van der Waals surface area contributed by atoms with Crippen molar-refractivity contribution in [3.05, 3.63) is 58.7 Å². The van der Waals surface area contributed by atoms with Crippen molar-refractivity contribution in [2.75, 3.05) is 14.2 Å². The molecule has 0 saturated carbocycles. The molecule has 3 rings (SSSR count). The zero-order chi connectivity index (χ0) is 15.5. The molecule has 2 aromatic carbocycles. The molecule has 114 valence electrons. The Morgan fingerprint density at radius 1 is 1.00 bits per heavy atom. The molecule has 0 bridgehead atoms. The van der Waals surface area contributed by atoms with Gasteiger partial charge in [0.05, 0.1) is 20.4 Å².